The van der Waals surface area contributed by atoms with Gasteiger partial charge in [0.25, 0.3) is 0 Å². The van der Waals surface area contributed by atoms with Crippen molar-refractivity contribution in [3.63, 3.8) is 0 Å². The lowest BCUT2D eigenvalue weighted by Gasteiger charge is -2.28. The number of rotatable bonds is 9. The van der Waals surface area contributed by atoms with Gasteiger partial charge in [-0.3, -0.25) is 4.90 Å². The quantitative estimate of drug-likeness (QED) is 0.363. The minimum atomic E-state index is -3.87. The Kier molecular flexibility index (Phi) is 11.3. The van der Waals surface area contributed by atoms with Crippen LogP contribution in [-0.4, -0.2) is 92.2 Å². The number of aliphatic carboxylic acids is 2. The van der Waals surface area contributed by atoms with Crippen LogP contribution in [0.5, 0.6) is 0 Å². The van der Waals surface area contributed by atoms with Crippen molar-refractivity contribution in [2.75, 3.05) is 46.5 Å². The molecule has 1 aromatic carbocycles. The second kappa shape index (κ2) is 13.9. The molecule has 2 aromatic rings. The monoisotopic (exact) mass is 528 g/mol. The summed E-state index contributed by atoms with van der Waals surface area (Å²) in [5.74, 6) is -4.31. The predicted molar refractivity (Wildman–Crippen MR) is 127 cm³/mol. The van der Waals surface area contributed by atoms with Crippen LogP contribution in [0, 0.1) is 0 Å². The molecule has 2 heterocycles. The van der Waals surface area contributed by atoms with Crippen LogP contribution in [0.1, 0.15) is 21.7 Å². The maximum atomic E-state index is 13.5. The lowest BCUT2D eigenvalue weighted by atomic mass is 10.2. The summed E-state index contributed by atoms with van der Waals surface area (Å²) in [5, 5.41) is 16.7. The largest absolute Gasteiger partial charge is 0.473 e. The summed E-state index contributed by atoms with van der Waals surface area (Å²) in [6.07, 6.45) is 0.699. The fraction of sp³-hybridized carbons (Fsp3) is 0.409. The smallest absolute Gasteiger partial charge is 0.414 e. The van der Waals surface area contributed by atoms with Gasteiger partial charge in [-0.15, -0.1) is 11.3 Å². The van der Waals surface area contributed by atoms with Gasteiger partial charge in [0.15, 0.2) is 0 Å². The van der Waals surface area contributed by atoms with Crippen molar-refractivity contribution in [1.29, 1.82) is 0 Å². The molecule has 0 amide bonds. The molecule has 35 heavy (non-hydrogen) atoms. The Bertz CT molecular complexity index is 1070. The highest BCUT2D eigenvalue weighted by Gasteiger charge is 2.29. The fourth-order valence-corrected chi connectivity index (χ4v) is 5.70. The molecule has 1 aromatic heterocycles. The van der Waals surface area contributed by atoms with Crippen molar-refractivity contribution in [1.82, 2.24) is 9.21 Å². The predicted octanol–water partition coefficient (Wildman–Crippen LogP) is 1.60. The van der Waals surface area contributed by atoms with Crippen LogP contribution in [0.25, 0.3) is 0 Å². The third kappa shape index (κ3) is 8.71. The number of morpholine rings is 1. The molecule has 0 aliphatic carbocycles. The molecule has 0 radical (unpaired) electrons. The Morgan fingerprint density at radius 1 is 1.09 bits per heavy atom. The molecule has 13 heteroatoms. The zero-order valence-electron chi connectivity index (χ0n) is 19.2. The number of carboxylic acid groups (broad SMARTS) is 2. The van der Waals surface area contributed by atoms with Crippen molar-refractivity contribution in [2.24, 2.45) is 0 Å². The fourth-order valence-electron chi connectivity index (χ4n) is 3.27. The molecule has 1 saturated heterocycles. The van der Waals surface area contributed by atoms with Gasteiger partial charge in [-0.2, -0.15) is 4.31 Å². The molecule has 0 atom stereocenters. The number of esters is 1. The number of ether oxygens (including phenoxy) is 2. The van der Waals surface area contributed by atoms with Gasteiger partial charge in [-0.1, -0.05) is 18.2 Å². The van der Waals surface area contributed by atoms with Crippen molar-refractivity contribution in [3.8, 4) is 0 Å². The highest BCUT2D eigenvalue weighted by molar-refractivity contribution is 7.89. The lowest BCUT2D eigenvalue weighted by molar-refractivity contribution is -0.159. The Morgan fingerprint density at radius 2 is 1.74 bits per heavy atom. The number of hydrogen-bond donors (Lipinski definition) is 2. The van der Waals surface area contributed by atoms with E-state index in [0.717, 1.165) is 24.5 Å². The number of carboxylic acids is 2. The average Bonchev–Trinajstić information content (AvgIpc) is 3.37. The van der Waals surface area contributed by atoms with Crippen LogP contribution in [0.4, 0.5) is 0 Å². The zero-order valence-corrected chi connectivity index (χ0v) is 20.8. The van der Waals surface area contributed by atoms with Gasteiger partial charge in [0.1, 0.15) is 0 Å². The first-order valence-electron chi connectivity index (χ1n) is 10.6. The van der Waals surface area contributed by atoms with Crippen LogP contribution in [-0.2, 0) is 35.6 Å². The third-order valence-electron chi connectivity index (χ3n) is 4.99. The van der Waals surface area contributed by atoms with Crippen molar-refractivity contribution in [3.05, 3.63) is 52.2 Å². The summed E-state index contributed by atoms with van der Waals surface area (Å²) < 4.78 is 38.5. The standard InChI is InChI=1S/C20H26N2O5S2.C2H2O4/c1-26-20(23)18-7-2-3-8-19(18)29(24,25)22(16-17-6-4-15-28-17)10-5-9-21-11-13-27-14-12-21;3-1(4)2(5)6/h2-4,6-8,15H,5,9-14,16H2,1H3;(H,3,4)(H,5,6). The first-order chi connectivity index (χ1) is 16.7. The van der Waals surface area contributed by atoms with Crippen LogP contribution in [0.15, 0.2) is 46.7 Å². The molecule has 1 aliphatic rings. The highest BCUT2D eigenvalue weighted by atomic mass is 32.2. The Balaban J connectivity index is 0.000000641. The molecule has 2 N–H and O–H groups in total. The molecule has 3 rings (SSSR count). The normalized spacial score (nSPS) is 14.1. The number of thiophene rings is 1. The number of carbonyl (C=O) groups excluding carboxylic acids is 1. The summed E-state index contributed by atoms with van der Waals surface area (Å²) in [7, 11) is -2.62. The summed E-state index contributed by atoms with van der Waals surface area (Å²) in [6, 6.07) is 10.0. The molecule has 11 nitrogen and oxygen atoms in total. The van der Waals surface area contributed by atoms with E-state index in [4.69, 9.17) is 29.3 Å². The lowest BCUT2D eigenvalue weighted by Crippen LogP contribution is -2.39. The number of methoxy groups -OCH3 is 1. The van der Waals surface area contributed by atoms with E-state index in [1.54, 1.807) is 12.1 Å². The molecule has 1 fully saturated rings. The number of hydrogen-bond acceptors (Lipinski definition) is 9. The van der Waals surface area contributed by atoms with E-state index in [1.165, 1.54) is 34.9 Å². The van der Waals surface area contributed by atoms with E-state index >= 15 is 0 Å². The SMILES string of the molecule is COC(=O)c1ccccc1S(=O)(=O)N(CCCN1CCOCC1)Cc1cccs1.O=C(O)C(=O)O. The second-order valence-corrected chi connectivity index (χ2v) is 10.3. The van der Waals surface area contributed by atoms with Gasteiger partial charge < -0.3 is 19.7 Å². The molecule has 0 bridgehead atoms. The van der Waals surface area contributed by atoms with E-state index in [1.807, 2.05) is 17.5 Å². The van der Waals surface area contributed by atoms with E-state index in [-0.39, 0.29) is 17.0 Å². The molecule has 0 spiro atoms. The third-order valence-corrected chi connectivity index (χ3v) is 7.76. The van der Waals surface area contributed by atoms with E-state index in [9.17, 15) is 13.2 Å². The van der Waals surface area contributed by atoms with E-state index in [0.29, 0.717) is 26.2 Å². The van der Waals surface area contributed by atoms with Gasteiger partial charge in [0.2, 0.25) is 10.0 Å². The average molecular weight is 529 g/mol. The van der Waals surface area contributed by atoms with Crippen molar-refractivity contribution >= 4 is 39.3 Å². The molecule has 192 valence electrons. The second-order valence-electron chi connectivity index (χ2n) is 7.32. The minimum absolute atomic E-state index is 0.0187. The highest BCUT2D eigenvalue weighted by Crippen LogP contribution is 2.24. The maximum Gasteiger partial charge on any atom is 0.414 e. The van der Waals surface area contributed by atoms with Gasteiger partial charge in [-0.05, 0) is 36.5 Å². The van der Waals surface area contributed by atoms with Gasteiger partial charge in [0, 0.05) is 31.1 Å². The van der Waals surface area contributed by atoms with Gasteiger partial charge in [-0.25, -0.2) is 22.8 Å². The molecule has 0 saturated carbocycles. The first kappa shape index (κ1) is 28.4. The number of nitrogens with zero attached hydrogens (tertiary/aromatic N) is 2. The maximum absolute atomic E-state index is 13.5. The van der Waals surface area contributed by atoms with E-state index in [2.05, 4.69) is 4.90 Å². The number of sulfonamides is 1. The zero-order chi connectivity index (χ0) is 25.8. The summed E-state index contributed by atoms with van der Waals surface area (Å²) in [6.45, 7) is 4.60. The first-order valence-corrected chi connectivity index (χ1v) is 12.9. The van der Waals surface area contributed by atoms with Crippen LogP contribution in [0.2, 0.25) is 0 Å². The summed E-state index contributed by atoms with van der Waals surface area (Å²) in [5.41, 5.74) is 0.0550. The topological polar surface area (TPSA) is 151 Å². The molecular formula is C22H28N2O9S2. The van der Waals surface area contributed by atoms with Crippen LogP contribution < -0.4 is 0 Å². The van der Waals surface area contributed by atoms with Gasteiger partial charge in [0.05, 0.1) is 30.8 Å². The molecule has 0 unspecified atom stereocenters. The Hall–Kier alpha value is -2.84. The minimum Gasteiger partial charge on any atom is -0.473 e. The molecule has 1 aliphatic heterocycles. The number of benzene rings is 1. The summed E-state index contributed by atoms with van der Waals surface area (Å²) >= 11 is 1.51. The van der Waals surface area contributed by atoms with Gasteiger partial charge >= 0.3 is 17.9 Å². The Labute approximate surface area is 207 Å². The molecular weight excluding hydrogens is 500 g/mol. The summed E-state index contributed by atoms with van der Waals surface area (Å²) in [4.78, 5) is 33.5. The van der Waals surface area contributed by atoms with Crippen LogP contribution >= 0.6 is 11.3 Å². The number of carbonyl (C=O) groups is 3. The van der Waals surface area contributed by atoms with E-state index < -0.39 is 27.9 Å². The van der Waals surface area contributed by atoms with Crippen molar-refractivity contribution < 1.29 is 42.5 Å². The Morgan fingerprint density at radius 3 is 2.31 bits per heavy atom. The van der Waals surface area contributed by atoms with Crippen LogP contribution in [0.3, 0.4) is 0 Å². The van der Waals surface area contributed by atoms with Crippen molar-refractivity contribution in [2.45, 2.75) is 17.9 Å².